The zero-order valence-electron chi connectivity index (χ0n) is 13.5. The lowest BCUT2D eigenvalue weighted by Crippen LogP contribution is -2.30. The molecule has 1 atom stereocenters. The maximum atomic E-state index is 5.43. The van der Waals surface area contributed by atoms with Gasteiger partial charge in [-0.2, -0.15) is 5.10 Å². The van der Waals surface area contributed by atoms with E-state index in [1.165, 1.54) is 11.1 Å². The van der Waals surface area contributed by atoms with Gasteiger partial charge in [-0.3, -0.25) is 4.68 Å². The molecule has 0 spiro atoms. The normalized spacial score (nSPS) is 11.7. The van der Waals surface area contributed by atoms with E-state index in [0.717, 1.165) is 12.2 Å². The highest BCUT2D eigenvalue weighted by atomic mass is 32.1. The third-order valence-corrected chi connectivity index (χ3v) is 3.96. The Morgan fingerprint density at radius 1 is 1.12 bits per heavy atom. The lowest BCUT2D eigenvalue weighted by atomic mass is 10.1. The van der Waals surface area contributed by atoms with E-state index in [1.807, 2.05) is 47.3 Å². The third-order valence-electron chi connectivity index (χ3n) is 3.74. The van der Waals surface area contributed by atoms with Crippen LogP contribution in [-0.2, 0) is 6.54 Å². The van der Waals surface area contributed by atoms with Gasteiger partial charge in [0.25, 0.3) is 0 Å². The molecule has 0 fully saturated rings. The Bertz CT molecular complexity index is 784. The number of hydrogen-bond donors (Lipinski definition) is 2. The summed E-state index contributed by atoms with van der Waals surface area (Å²) in [6, 6.07) is 20.5. The van der Waals surface area contributed by atoms with Gasteiger partial charge in [0.1, 0.15) is 0 Å². The van der Waals surface area contributed by atoms with Crippen molar-refractivity contribution in [2.45, 2.75) is 19.5 Å². The standard InChI is InChI=1S/C19H20N4S/c1-15(17-8-3-2-4-9-17)21-19(24)22-18-10-5-7-16(13-18)14-23-12-6-11-20-23/h2-13,15H,14H2,1H3,(H2,21,22,24). The summed E-state index contributed by atoms with van der Waals surface area (Å²) in [7, 11) is 0. The fourth-order valence-corrected chi connectivity index (χ4v) is 2.81. The molecule has 3 aromatic rings. The minimum Gasteiger partial charge on any atom is -0.356 e. The number of rotatable bonds is 5. The average molecular weight is 336 g/mol. The molecular weight excluding hydrogens is 316 g/mol. The third kappa shape index (κ3) is 4.43. The van der Waals surface area contributed by atoms with E-state index in [9.17, 15) is 0 Å². The number of nitrogens with zero attached hydrogens (tertiary/aromatic N) is 2. The number of thiocarbonyl (C=S) groups is 1. The van der Waals surface area contributed by atoms with Crippen LogP contribution >= 0.6 is 12.2 Å². The molecule has 3 rings (SSSR count). The number of benzene rings is 2. The van der Waals surface area contributed by atoms with Crippen molar-refractivity contribution in [3.05, 3.63) is 84.2 Å². The van der Waals surface area contributed by atoms with Crippen molar-refractivity contribution in [2.24, 2.45) is 0 Å². The van der Waals surface area contributed by atoms with Crippen molar-refractivity contribution in [2.75, 3.05) is 5.32 Å². The Kier molecular flexibility index (Phi) is 5.23. The van der Waals surface area contributed by atoms with E-state index >= 15 is 0 Å². The Hall–Kier alpha value is -2.66. The highest BCUT2D eigenvalue weighted by Gasteiger charge is 2.07. The summed E-state index contributed by atoms with van der Waals surface area (Å²) >= 11 is 5.43. The molecule has 0 radical (unpaired) electrons. The van der Waals surface area contributed by atoms with Crippen molar-refractivity contribution in [1.82, 2.24) is 15.1 Å². The lowest BCUT2D eigenvalue weighted by molar-refractivity contribution is 0.687. The molecule has 122 valence electrons. The predicted octanol–water partition coefficient (Wildman–Crippen LogP) is 3.98. The molecule has 0 saturated heterocycles. The van der Waals surface area contributed by atoms with Crippen molar-refractivity contribution < 1.29 is 0 Å². The van der Waals surface area contributed by atoms with Gasteiger partial charge in [0.15, 0.2) is 5.11 Å². The van der Waals surface area contributed by atoms with Crippen LogP contribution in [0.2, 0.25) is 0 Å². The molecule has 0 aliphatic rings. The van der Waals surface area contributed by atoms with Crippen LogP contribution in [0.4, 0.5) is 5.69 Å². The first-order valence-electron chi connectivity index (χ1n) is 7.89. The average Bonchev–Trinajstić information content (AvgIpc) is 3.09. The van der Waals surface area contributed by atoms with Gasteiger partial charge in [0.05, 0.1) is 12.6 Å². The minimum atomic E-state index is 0.151. The summed E-state index contributed by atoms with van der Waals surface area (Å²) in [6.07, 6.45) is 3.74. The zero-order chi connectivity index (χ0) is 16.8. The molecule has 0 aliphatic heterocycles. The molecular formula is C19H20N4S. The molecule has 4 nitrogen and oxygen atoms in total. The molecule has 0 aliphatic carbocycles. The van der Waals surface area contributed by atoms with Crippen LogP contribution in [0.25, 0.3) is 0 Å². The number of aromatic nitrogens is 2. The lowest BCUT2D eigenvalue weighted by Gasteiger charge is -2.17. The fraction of sp³-hybridized carbons (Fsp3) is 0.158. The van der Waals surface area contributed by atoms with Crippen LogP contribution in [0.15, 0.2) is 73.1 Å². The molecule has 1 aromatic heterocycles. The van der Waals surface area contributed by atoms with Crippen LogP contribution in [0.3, 0.4) is 0 Å². The topological polar surface area (TPSA) is 41.9 Å². The first kappa shape index (κ1) is 16.2. The second-order valence-corrected chi connectivity index (χ2v) is 6.04. The van der Waals surface area contributed by atoms with Gasteiger partial charge in [-0.1, -0.05) is 42.5 Å². The molecule has 0 bridgehead atoms. The Balaban J connectivity index is 1.60. The molecule has 0 amide bonds. The van der Waals surface area contributed by atoms with Gasteiger partial charge >= 0.3 is 0 Å². The summed E-state index contributed by atoms with van der Waals surface area (Å²) in [5, 5.41) is 11.4. The van der Waals surface area contributed by atoms with Crippen molar-refractivity contribution in [1.29, 1.82) is 0 Å². The SMILES string of the molecule is CC(NC(=S)Nc1cccc(Cn2cccn2)c1)c1ccccc1. The van der Waals surface area contributed by atoms with E-state index in [4.69, 9.17) is 12.2 Å². The van der Waals surface area contributed by atoms with E-state index < -0.39 is 0 Å². The second kappa shape index (κ2) is 7.75. The molecule has 1 heterocycles. The van der Waals surface area contributed by atoms with Gasteiger partial charge in [-0.15, -0.1) is 0 Å². The molecule has 2 aromatic carbocycles. The van der Waals surface area contributed by atoms with Crippen molar-refractivity contribution >= 4 is 23.0 Å². The van der Waals surface area contributed by atoms with Crippen LogP contribution in [0, 0.1) is 0 Å². The zero-order valence-corrected chi connectivity index (χ0v) is 14.3. The highest BCUT2D eigenvalue weighted by molar-refractivity contribution is 7.80. The minimum absolute atomic E-state index is 0.151. The summed E-state index contributed by atoms with van der Waals surface area (Å²) in [4.78, 5) is 0. The monoisotopic (exact) mass is 336 g/mol. The van der Waals surface area contributed by atoms with E-state index in [1.54, 1.807) is 6.20 Å². The number of nitrogens with one attached hydrogen (secondary N) is 2. The number of anilines is 1. The quantitative estimate of drug-likeness (QED) is 0.692. The smallest absolute Gasteiger partial charge is 0.171 e. The molecule has 2 N–H and O–H groups in total. The largest absolute Gasteiger partial charge is 0.356 e. The van der Waals surface area contributed by atoms with E-state index in [-0.39, 0.29) is 6.04 Å². The van der Waals surface area contributed by atoms with E-state index in [0.29, 0.717) is 5.11 Å². The van der Waals surface area contributed by atoms with Gasteiger partial charge in [-0.05, 0) is 48.5 Å². The van der Waals surface area contributed by atoms with Gasteiger partial charge in [0.2, 0.25) is 0 Å². The first-order chi connectivity index (χ1) is 11.7. The van der Waals surface area contributed by atoms with Crippen LogP contribution in [-0.4, -0.2) is 14.9 Å². The van der Waals surface area contributed by atoms with Crippen LogP contribution in [0.1, 0.15) is 24.1 Å². The Morgan fingerprint density at radius 3 is 2.71 bits per heavy atom. The molecule has 0 saturated carbocycles. The molecule has 5 heteroatoms. The van der Waals surface area contributed by atoms with E-state index in [2.05, 4.69) is 46.9 Å². The Labute approximate surface area is 147 Å². The second-order valence-electron chi connectivity index (χ2n) is 5.63. The van der Waals surface area contributed by atoms with Gasteiger partial charge in [-0.25, -0.2) is 0 Å². The predicted molar refractivity (Wildman–Crippen MR) is 102 cm³/mol. The molecule has 1 unspecified atom stereocenters. The first-order valence-corrected chi connectivity index (χ1v) is 8.30. The summed E-state index contributed by atoms with van der Waals surface area (Å²) < 4.78 is 1.90. The highest BCUT2D eigenvalue weighted by Crippen LogP contribution is 2.14. The Morgan fingerprint density at radius 2 is 1.96 bits per heavy atom. The maximum absolute atomic E-state index is 5.43. The summed E-state index contributed by atoms with van der Waals surface area (Å²) in [6.45, 7) is 2.83. The van der Waals surface area contributed by atoms with Crippen molar-refractivity contribution in [3.8, 4) is 0 Å². The van der Waals surface area contributed by atoms with Crippen LogP contribution in [0.5, 0.6) is 0 Å². The van der Waals surface area contributed by atoms with Gasteiger partial charge < -0.3 is 10.6 Å². The summed E-state index contributed by atoms with van der Waals surface area (Å²) in [5.74, 6) is 0. The fourth-order valence-electron chi connectivity index (χ4n) is 2.52. The van der Waals surface area contributed by atoms with Crippen molar-refractivity contribution in [3.63, 3.8) is 0 Å². The number of hydrogen-bond acceptors (Lipinski definition) is 2. The van der Waals surface area contributed by atoms with Crippen LogP contribution < -0.4 is 10.6 Å². The van der Waals surface area contributed by atoms with Gasteiger partial charge in [0, 0.05) is 18.1 Å². The summed E-state index contributed by atoms with van der Waals surface area (Å²) in [5.41, 5.74) is 3.34. The maximum Gasteiger partial charge on any atom is 0.171 e. The molecule has 24 heavy (non-hydrogen) atoms.